The molecule has 0 N–H and O–H groups in total. The van der Waals surface area contributed by atoms with Crippen LogP contribution in [0.1, 0.15) is 47.7 Å². The molecule has 0 aliphatic carbocycles. The van der Waals surface area contributed by atoms with Crippen LogP contribution in [0.2, 0.25) is 0 Å². The van der Waals surface area contributed by atoms with Crippen LogP contribution in [-0.2, 0) is 31.4 Å². The molecule has 0 spiro atoms. The Bertz CT molecular complexity index is 782. The second-order valence-corrected chi connectivity index (χ2v) is 6.44. The number of alkyl halides is 6. The highest BCUT2D eigenvalue weighted by Crippen LogP contribution is 2.39. The van der Waals surface area contributed by atoms with Crippen LogP contribution in [0.15, 0.2) is 18.2 Å². The summed E-state index contributed by atoms with van der Waals surface area (Å²) in [4.78, 5) is 37.1. The summed E-state index contributed by atoms with van der Waals surface area (Å²) in [6.45, 7) is 1.25. The second kappa shape index (κ2) is 8.03. The lowest BCUT2D eigenvalue weighted by Gasteiger charge is -2.32. The van der Waals surface area contributed by atoms with Gasteiger partial charge in [0.15, 0.2) is 11.2 Å². The average molecular weight is 426 g/mol. The summed E-state index contributed by atoms with van der Waals surface area (Å²) in [5.74, 6) is -3.45. The molecule has 1 aliphatic heterocycles. The number of halogens is 6. The van der Waals surface area contributed by atoms with Crippen molar-refractivity contribution in [2.45, 2.75) is 38.5 Å². The van der Waals surface area contributed by atoms with Gasteiger partial charge in [-0.1, -0.05) is 0 Å². The van der Waals surface area contributed by atoms with Gasteiger partial charge in [0.05, 0.1) is 24.3 Å². The summed E-state index contributed by atoms with van der Waals surface area (Å²) in [5.41, 5.74) is -6.38. The molecule has 0 aromatic heterocycles. The van der Waals surface area contributed by atoms with Crippen LogP contribution in [0.3, 0.4) is 0 Å². The van der Waals surface area contributed by atoms with E-state index in [4.69, 9.17) is 9.47 Å². The number of carbonyl (C=O) groups is 3. The van der Waals surface area contributed by atoms with Gasteiger partial charge in [-0.2, -0.15) is 26.3 Å². The minimum absolute atomic E-state index is 0.0318. The highest BCUT2D eigenvalue weighted by Gasteiger charge is 2.52. The Kier molecular flexibility index (Phi) is 6.29. The second-order valence-electron chi connectivity index (χ2n) is 6.44. The van der Waals surface area contributed by atoms with Crippen LogP contribution in [0.4, 0.5) is 26.3 Å². The maximum atomic E-state index is 13.0. The van der Waals surface area contributed by atoms with E-state index in [0.29, 0.717) is 0 Å². The highest BCUT2D eigenvalue weighted by atomic mass is 19.4. The van der Waals surface area contributed by atoms with E-state index in [1.807, 2.05) is 0 Å². The molecule has 1 saturated heterocycles. The number of ketones is 1. The van der Waals surface area contributed by atoms with E-state index in [-0.39, 0.29) is 44.3 Å². The first-order chi connectivity index (χ1) is 13.3. The van der Waals surface area contributed by atoms with Crippen molar-refractivity contribution in [1.29, 1.82) is 0 Å². The van der Waals surface area contributed by atoms with Crippen molar-refractivity contribution in [1.82, 2.24) is 0 Å². The van der Waals surface area contributed by atoms with Crippen molar-refractivity contribution >= 4 is 17.7 Å². The molecule has 1 unspecified atom stereocenters. The van der Waals surface area contributed by atoms with Gasteiger partial charge in [-0.15, -0.1) is 0 Å². The molecule has 1 atom stereocenters. The molecule has 1 aromatic carbocycles. The first-order valence-corrected chi connectivity index (χ1v) is 8.48. The molecule has 1 aliphatic rings. The fraction of sp³-hybridized carbons (Fsp3) is 0.500. The maximum Gasteiger partial charge on any atom is 0.416 e. The maximum absolute atomic E-state index is 13.0. The molecule has 29 heavy (non-hydrogen) atoms. The summed E-state index contributed by atoms with van der Waals surface area (Å²) >= 11 is 0. The first kappa shape index (κ1) is 22.7. The van der Waals surface area contributed by atoms with Crippen molar-refractivity contribution in [2.24, 2.45) is 5.41 Å². The Morgan fingerprint density at radius 1 is 1.07 bits per heavy atom. The summed E-state index contributed by atoms with van der Waals surface area (Å²) in [5, 5.41) is 0. The zero-order valence-corrected chi connectivity index (χ0v) is 15.1. The zero-order chi connectivity index (χ0) is 22.0. The molecule has 1 heterocycles. The minimum Gasteiger partial charge on any atom is -0.465 e. The van der Waals surface area contributed by atoms with E-state index >= 15 is 0 Å². The van der Waals surface area contributed by atoms with E-state index in [0.717, 1.165) is 0 Å². The number of hydrogen-bond acceptors (Lipinski definition) is 5. The van der Waals surface area contributed by atoms with Crippen LogP contribution in [-0.4, -0.2) is 30.9 Å². The molecule has 11 heteroatoms. The van der Waals surface area contributed by atoms with E-state index in [1.165, 1.54) is 6.92 Å². The van der Waals surface area contributed by atoms with Gasteiger partial charge in [0.1, 0.15) is 0 Å². The summed E-state index contributed by atoms with van der Waals surface area (Å²) in [6.07, 6.45) is -11.3. The van der Waals surface area contributed by atoms with Crippen LogP contribution < -0.4 is 0 Å². The van der Waals surface area contributed by atoms with Gasteiger partial charge >= 0.3 is 24.3 Å². The Hall–Kier alpha value is -2.59. The van der Waals surface area contributed by atoms with Crippen LogP contribution in [0.5, 0.6) is 0 Å². The zero-order valence-electron chi connectivity index (χ0n) is 15.1. The number of cyclic esters (lactones) is 1. The first-order valence-electron chi connectivity index (χ1n) is 8.48. The molecule has 2 rings (SSSR count). The highest BCUT2D eigenvalue weighted by molar-refractivity contribution is 6.08. The number of hydrogen-bond donors (Lipinski definition) is 0. The van der Waals surface area contributed by atoms with E-state index < -0.39 is 58.6 Å². The predicted octanol–water partition coefficient (Wildman–Crippen LogP) is 4.18. The fourth-order valence-electron chi connectivity index (χ4n) is 2.96. The number of esters is 2. The summed E-state index contributed by atoms with van der Waals surface area (Å²) in [6, 6.07) is 0.391. The normalized spacial score (nSPS) is 20.2. The van der Waals surface area contributed by atoms with Gasteiger partial charge in [0, 0.05) is 12.0 Å². The summed E-state index contributed by atoms with van der Waals surface area (Å²) < 4.78 is 87.6. The van der Waals surface area contributed by atoms with Gasteiger partial charge in [-0.3, -0.25) is 14.4 Å². The Labute approximate surface area is 161 Å². The van der Waals surface area contributed by atoms with Crippen LogP contribution >= 0.6 is 0 Å². The lowest BCUT2D eigenvalue weighted by Crippen LogP contribution is -2.46. The molecule has 1 aromatic rings. The summed E-state index contributed by atoms with van der Waals surface area (Å²) in [7, 11) is 0. The number of benzene rings is 1. The topological polar surface area (TPSA) is 69.7 Å². The van der Waals surface area contributed by atoms with Crippen LogP contribution in [0, 0.1) is 5.41 Å². The van der Waals surface area contributed by atoms with Crippen molar-refractivity contribution in [3.8, 4) is 0 Å². The van der Waals surface area contributed by atoms with E-state index in [9.17, 15) is 40.7 Å². The number of carbonyl (C=O) groups excluding carboxylic acids is 3. The van der Waals surface area contributed by atoms with Crippen LogP contribution in [0.25, 0.3) is 0 Å². The fourth-order valence-corrected chi connectivity index (χ4v) is 2.96. The number of ether oxygens (including phenoxy) is 2. The van der Waals surface area contributed by atoms with Crippen molar-refractivity contribution in [2.75, 3.05) is 13.2 Å². The van der Waals surface area contributed by atoms with E-state index in [2.05, 4.69) is 0 Å². The van der Waals surface area contributed by atoms with Crippen molar-refractivity contribution in [3.63, 3.8) is 0 Å². The third-order valence-corrected chi connectivity index (χ3v) is 4.41. The minimum atomic E-state index is -5.14. The molecule has 160 valence electrons. The molecule has 5 nitrogen and oxygen atoms in total. The largest absolute Gasteiger partial charge is 0.465 e. The Morgan fingerprint density at radius 3 is 2.07 bits per heavy atom. The molecular weight excluding hydrogens is 410 g/mol. The monoisotopic (exact) mass is 426 g/mol. The Morgan fingerprint density at radius 2 is 1.62 bits per heavy atom. The lowest BCUT2D eigenvalue weighted by molar-refractivity contribution is -0.177. The van der Waals surface area contributed by atoms with Gasteiger partial charge in [-0.05, 0) is 38.0 Å². The number of rotatable bonds is 5. The predicted molar refractivity (Wildman–Crippen MR) is 84.7 cm³/mol. The smallest absolute Gasteiger partial charge is 0.416 e. The van der Waals surface area contributed by atoms with Crippen molar-refractivity contribution < 1.29 is 50.2 Å². The molecule has 1 fully saturated rings. The number of Topliss-reactive ketones (excluding diaryl/α,β-unsaturated/α-hetero) is 1. The van der Waals surface area contributed by atoms with Gasteiger partial charge in [0.2, 0.25) is 0 Å². The third-order valence-electron chi connectivity index (χ3n) is 4.41. The van der Waals surface area contributed by atoms with Gasteiger partial charge < -0.3 is 9.47 Å². The molecule has 0 amide bonds. The third kappa shape index (κ3) is 4.88. The average Bonchev–Trinajstić information content (AvgIpc) is 2.62. The van der Waals surface area contributed by atoms with Crippen molar-refractivity contribution in [3.05, 3.63) is 34.9 Å². The van der Waals surface area contributed by atoms with Gasteiger partial charge in [-0.25, -0.2) is 0 Å². The molecular formula is C18H16F6O5. The Balaban J connectivity index is 2.49. The quantitative estimate of drug-likeness (QED) is 0.306. The van der Waals surface area contributed by atoms with E-state index in [1.54, 1.807) is 0 Å². The molecule has 0 radical (unpaired) electrons. The molecule has 0 bridgehead atoms. The lowest BCUT2D eigenvalue weighted by atomic mass is 9.76. The molecule has 0 saturated carbocycles. The standard InChI is InChI=1S/C18H16F6O5/c1-2-28-14(26)16(4-3-5-29-15(16)27)9-13(25)10-6-11(17(19,20)21)8-12(7-10)18(22,23)24/h6-8H,2-5,9H2,1H3. The van der Waals surface area contributed by atoms with Gasteiger partial charge in [0.25, 0.3) is 0 Å². The SMILES string of the molecule is CCOC(=O)C1(CC(=O)c2cc(C(F)(F)F)cc(C(F)(F)F)c2)CCCOC1=O.